The summed E-state index contributed by atoms with van der Waals surface area (Å²) in [5.74, 6) is 0.0376. The Labute approximate surface area is 132 Å². The molecule has 6 nitrogen and oxygen atoms in total. The summed E-state index contributed by atoms with van der Waals surface area (Å²) in [7, 11) is 1.40. The number of ether oxygens (including phenoxy) is 1. The summed E-state index contributed by atoms with van der Waals surface area (Å²) in [6.45, 7) is 2.19. The fourth-order valence-electron chi connectivity index (χ4n) is 2.34. The Morgan fingerprint density at radius 3 is 2.43 bits per heavy atom. The van der Waals surface area contributed by atoms with Crippen molar-refractivity contribution in [2.24, 2.45) is 7.05 Å². The van der Waals surface area contributed by atoms with Crippen LogP contribution < -0.4 is 16.2 Å². The van der Waals surface area contributed by atoms with Crippen LogP contribution in [-0.4, -0.2) is 9.31 Å². The van der Waals surface area contributed by atoms with E-state index in [-0.39, 0.29) is 6.61 Å². The van der Waals surface area contributed by atoms with Crippen LogP contribution in [0.5, 0.6) is 5.75 Å². The first-order valence-electron chi connectivity index (χ1n) is 7.14. The minimum atomic E-state index is -0.721. The maximum atomic E-state index is 12.1. The van der Waals surface area contributed by atoms with Gasteiger partial charge < -0.3 is 9.26 Å². The molecule has 1 heterocycles. The predicted molar refractivity (Wildman–Crippen MR) is 85.1 cm³/mol. The second-order valence-corrected chi connectivity index (χ2v) is 5.16. The Morgan fingerprint density at radius 2 is 1.74 bits per heavy atom. The van der Waals surface area contributed by atoms with Gasteiger partial charge in [0.1, 0.15) is 12.4 Å². The Balaban J connectivity index is 1.97. The van der Waals surface area contributed by atoms with Crippen LogP contribution in [0.4, 0.5) is 0 Å². The Morgan fingerprint density at radius 1 is 1.04 bits per heavy atom. The van der Waals surface area contributed by atoms with Crippen LogP contribution >= 0.6 is 0 Å². The van der Waals surface area contributed by atoms with Gasteiger partial charge in [0, 0.05) is 5.56 Å². The second kappa shape index (κ2) is 6.00. The summed E-state index contributed by atoms with van der Waals surface area (Å²) in [4.78, 5) is 23.9. The van der Waals surface area contributed by atoms with Gasteiger partial charge in [0.25, 0.3) is 0 Å². The molecule has 6 heteroatoms. The summed E-state index contributed by atoms with van der Waals surface area (Å²) < 4.78 is 12.5. The van der Waals surface area contributed by atoms with Crippen LogP contribution in [0, 0.1) is 6.92 Å². The average molecular weight is 312 g/mol. The normalized spacial score (nSPS) is 10.7. The van der Waals surface area contributed by atoms with Gasteiger partial charge in [-0.25, -0.2) is 9.59 Å². The van der Waals surface area contributed by atoms with Gasteiger partial charge in [-0.3, -0.25) is 0 Å². The molecule has 0 unspecified atom stereocenters. The van der Waals surface area contributed by atoms with Crippen molar-refractivity contribution < 1.29 is 9.26 Å². The molecule has 3 aromatic rings. The van der Waals surface area contributed by atoms with Crippen LogP contribution in [0.25, 0.3) is 5.69 Å². The molecule has 0 radical (unpaired) electrons. The largest absolute Gasteiger partial charge is 0.489 e. The smallest absolute Gasteiger partial charge is 0.447 e. The molecule has 23 heavy (non-hydrogen) atoms. The van der Waals surface area contributed by atoms with Gasteiger partial charge in [-0.05, 0) is 24.6 Å². The topological polar surface area (TPSA) is 66.4 Å². The van der Waals surface area contributed by atoms with E-state index in [4.69, 9.17) is 9.26 Å². The van der Waals surface area contributed by atoms with Crippen molar-refractivity contribution in [2.75, 3.05) is 0 Å². The van der Waals surface area contributed by atoms with Crippen LogP contribution in [0.3, 0.4) is 0 Å². The third-order valence-corrected chi connectivity index (χ3v) is 3.57. The van der Waals surface area contributed by atoms with Crippen molar-refractivity contribution >= 4 is 0 Å². The summed E-state index contributed by atoms with van der Waals surface area (Å²) in [5.41, 5.74) is 1.66. The molecule has 0 saturated heterocycles. The molecule has 0 atom stereocenters. The number of aromatic nitrogens is 2. The van der Waals surface area contributed by atoms with Gasteiger partial charge >= 0.3 is 11.4 Å². The van der Waals surface area contributed by atoms with E-state index in [0.29, 0.717) is 5.69 Å². The van der Waals surface area contributed by atoms with Gasteiger partial charge in [-0.15, -0.1) is 0 Å². The first-order chi connectivity index (χ1) is 11.1. The first-order valence-corrected chi connectivity index (χ1v) is 7.14. The number of nitrogens with zero attached hydrogens (tertiary/aromatic N) is 2. The number of aryl methyl sites for hydroxylation is 2. The van der Waals surface area contributed by atoms with E-state index in [1.807, 2.05) is 43.3 Å². The lowest BCUT2D eigenvalue weighted by Gasteiger charge is -2.11. The van der Waals surface area contributed by atoms with Crippen molar-refractivity contribution in [3.8, 4) is 11.4 Å². The molecule has 0 aliphatic heterocycles. The predicted octanol–water partition coefficient (Wildman–Crippen LogP) is 2.02. The molecule has 2 aromatic carbocycles. The number of para-hydroxylation sites is 2. The molecule has 0 aliphatic carbocycles. The highest BCUT2D eigenvalue weighted by Crippen LogP contribution is 2.19. The lowest BCUT2D eigenvalue weighted by atomic mass is 10.2. The van der Waals surface area contributed by atoms with E-state index in [2.05, 4.69) is 0 Å². The van der Waals surface area contributed by atoms with E-state index in [9.17, 15) is 9.59 Å². The number of hydrogen-bond donors (Lipinski definition) is 0. The zero-order valence-electron chi connectivity index (χ0n) is 12.9. The molecule has 1 aromatic heterocycles. The molecule has 0 N–H and O–H groups in total. The third-order valence-electron chi connectivity index (χ3n) is 3.57. The van der Waals surface area contributed by atoms with Crippen LogP contribution in [-0.2, 0) is 13.7 Å². The molecule has 0 aliphatic rings. The van der Waals surface area contributed by atoms with Gasteiger partial charge in [0.2, 0.25) is 0 Å². The highest BCUT2D eigenvalue weighted by atomic mass is 16.5. The molecule has 3 rings (SSSR count). The van der Waals surface area contributed by atoms with Crippen LogP contribution in [0.15, 0.2) is 62.6 Å². The third kappa shape index (κ3) is 2.83. The fourth-order valence-corrected chi connectivity index (χ4v) is 2.34. The van der Waals surface area contributed by atoms with Crippen molar-refractivity contribution in [1.82, 2.24) is 9.31 Å². The minimum Gasteiger partial charge on any atom is -0.489 e. The zero-order valence-corrected chi connectivity index (χ0v) is 12.9. The number of hydrogen-bond acceptors (Lipinski definition) is 4. The maximum Gasteiger partial charge on any atom is 0.447 e. The van der Waals surface area contributed by atoms with E-state index >= 15 is 0 Å². The second-order valence-electron chi connectivity index (χ2n) is 5.16. The number of benzene rings is 2. The minimum absolute atomic E-state index is 0.238. The summed E-state index contributed by atoms with van der Waals surface area (Å²) in [6.07, 6.45) is 0. The fraction of sp³-hybridized carbons (Fsp3) is 0.176. The van der Waals surface area contributed by atoms with E-state index in [1.165, 1.54) is 7.05 Å². The van der Waals surface area contributed by atoms with Gasteiger partial charge in [0.05, 0.1) is 12.7 Å². The highest BCUT2D eigenvalue weighted by molar-refractivity contribution is 5.41. The van der Waals surface area contributed by atoms with Crippen molar-refractivity contribution in [2.45, 2.75) is 13.5 Å². The molecule has 0 bridgehead atoms. The molecule has 118 valence electrons. The maximum absolute atomic E-state index is 12.1. The van der Waals surface area contributed by atoms with Gasteiger partial charge in [-0.2, -0.15) is 9.31 Å². The Hall–Kier alpha value is -3.02. The molecule has 0 fully saturated rings. The van der Waals surface area contributed by atoms with Gasteiger partial charge in [-0.1, -0.05) is 36.4 Å². The molecule has 0 saturated carbocycles. The molecule has 0 amide bonds. The Bertz CT molecular complexity index is 949. The number of rotatable bonds is 4. The highest BCUT2D eigenvalue weighted by Gasteiger charge is 2.14. The lowest BCUT2D eigenvalue weighted by Crippen LogP contribution is -2.27. The van der Waals surface area contributed by atoms with Crippen LogP contribution in [0.1, 0.15) is 11.1 Å². The van der Waals surface area contributed by atoms with E-state index < -0.39 is 11.4 Å². The summed E-state index contributed by atoms with van der Waals surface area (Å²) in [6, 6.07) is 14.7. The van der Waals surface area contributed by atoms with Crippen molar-refractivity contribution in [1.29, 1.82) is 0 Å². The standard InChI is InChI=1S/C17H16N2O4/c1-12-7-3-6-10-15(12)22-11-13-8-4-5-9-14(13)19-16(20)18(2)23-17(19)21/h3-10H,11H2,1-2H3. The average Bonchev–Trinajstić information content (AvgIpc) is 2.80. The van der Waals surface area contributed by atoms with Crippen molar-refractivity contribution in [3.63, 3.8) is 0 Å². The van der Waals surface area contributed by atoms with E-state index in [1.54, 1.807) is 12.1 Å². The summed E-state index contributed by atoms with van der Waals surface area (Å²) >= 11 is 0. The molecular formula is C17H16N2O4. The summed E-state index contributed by atoms with van der Waals surface area (Å²) in [5, 5.41) is 0. The quantitative estimate of drug-likeness (QED) is 0.739. The Kier molecular flexibility index (Phi) is 3.89. The van der Waals surface area contributed by atoms with Gasteiger partial charge in [0.15, 0.2) is 0 Å². The molecular weight excluding hydrogens is 296 g/mol. The zero-order chi connectivity index (χ0) is 16.4. The first kappa shape index (κ1) is 14.9. The van der Waals surface area contributed by atoms with Crippen molar-refractivity contribution in [3.05, 3.63) is 80.7 Å². The van der Waals surface area contributed by atoms with Crippen LogP contribution in [0.2, 0.25) is 0 Å². The SMILES string of the molecule is Cc1ccccc1OCc1ccccc1-n1c(=O)on(C)c1=O. The monoisotopic (exact) mass is 312 g/mol. The molecule has 0 spiro atoms. The lowest BCUT2D eigenvalue weighted by molar-refractivity contribution is 0.276. The van der Waals surface area contributed by atoms with E-state index in [0.717, 1.165) is 26.2 Å².